The predicted octanol–water partition coefficient (Wildman–Crippen LogP) is 3.31. The Bertz CT molecular complexity index is 762. The lowest BCUT2D eigenvalue weighted by Crippen LogP contribution is -1.99. The van der Waals surface area contributed by atoms with Crippen LogP contribution < -0.4 is 0 Å². The van der Waals surface area contributed by atoms with Gasteiger partial charge >= 0.3 is 11.9 Å². The van der Waals surface area contributed by atoms with Crippen LogP contribution in [-0.4, -0.2) is 42.5 Å². The van der Waals surface area contributed by atoms with Gasteiger partial charge in [0, 0.05) is 0 Å². The van der Waals surface area contributed by atoms with Gasteiger partial charge < -0.3 is 10.2 Å². The summed E-state index contributed by atoms with van der Waals surface area (Å²) in [6.45, 7) is 0. The summed E-state index contributed by atoms with van der Waals surface area (Å²) in [5.74, 6) is -2.13. The average Bonchev–Trinajstić information content (AvgIpc) is 3.15. The number of hydrogen-bond donors (Lipinski definition) is 6. The van der Waals surface area contributed by atoms with Crippen molar-refractivity contribution >= 4 is 85.1 Å². The molecular formula is C12H10N4O4S6. The number of carboxylic acids is 2. The van der Waals surface area contributed by atoms with Gasteiger partial charge in [0.15, 0.2) is 17.4 Å². The fourth-order valence-corrected chi connectivity index (χ4v) is 3.47. The molecule has 26 heavy (non-hydrogen) atoms. The highest BCUT2D eigenvalue weighted by atomic mass is 32.2. The second kappa shape index (κ2) is 11.4. The van der Waals surface area contributed by atoms with Crippen molar-refractivity contribution in [3.8, 4) is 0 Å². The van der Waals surface area contributed by atoms with E-state index < -0.39 is 11.9 Å². The molecule has 0 saturated carbocycles. The summed E-state index contributed by atoms with van der Waals surface area (Å²) < 4.78 is 2.63. The van der Waals surface area contributed by atoms with Crippen LogP contribution in [0.15, 0.2) is 41.6 Å². The molecule has 0 aliphatic carbocycles. The quantitative estimate of drug-likeness (QED) is 0.318. The number of aromatic nitrogens is 4. The normalized spacial score (nSPS) is 9.38. The second-order valence-corrected chi connectivity index (χ2v) is 8.78. The van der Waals surface area contributed by atoms with Gasteiger partial charge in [-0.1, -0.05) is 22.7 Å². The first-order chi connectivity index (χ1) is 12.2. The first kappa shape index (κ1) is 22.7. The first-order valence-electron chi connectivity index (χ1n) is 6.18. The standard InChI is InChI=1S/C8H6O4.2C2H2N2S3/c9-7(10)5-1-2-6(4-3-5)8(11)12;2*5-1-3-4-2(6)7-1/h1-4H,(H,9,10)(H,11,12);2*(H,3,5)(H,4,6). The Morgan fingerprint density at radius 1 is 0.654 bits per heavy atom. The highest BCUT2D eigenvalue weighted by Gasteiger charge is 2.04. The van der Waals surface area contributed by atoms with Crippen LogP contribution in [0, 0.1) is 0 Å². The fraction of sp³-hybridized carbons (Fsp3) is 0. The van der Waals surface area contributed by atoms with E-state index in [1.54, 1.807) is 0 Å². The SMILES string of the molecule is O=C(O)c1ccc(C(=O)O)cc1.Sc1nnc(S)s1.Sc1nnc(S)s1. The van der Waals surface area contributed by atoms with Crippen LogP contribution in [0.3, 0.4) is 0 Å². The largest absolute Gasteiger partial charge is 0.478 e. The lowest BCUT2D eigenvalue weighted by molar-refractivity contribution is 0.0681. The topological polar surface area (TPSA) is 126 Å². The van der Waals surface area contributed by atoms with E-state index in [1.807, 2.05) is 0 Å². The van der Waals surface area contributed by atoms with Gasteiger partial charge in [0.1, 0.15) is 0 Å². The van der Waals surface area contributed by atoms with Crippen molar-refractivity contribution in [2.75, 3.05) is 0 Å². The predicted molar refractivity (Wildman–Crippen MR) is 109 cm³/mol. The summed E-state index contributed by atoms with van der Waals surface area (Å²) in [4.78, 5) is 20.7. The Labute approximate surface area is 177 Å². The molecular weight excluding hydrogens is 457 g/mol. The van der Waals surface area contributed by atoms with E-state index in [9.17, 15) is 9.59 Å². The number of thiol groups is 4. The summed E-state index contributed by atoms with van der Waals surface area (Å²) in [6, 6.07) is 5.02. The third-order valence-electron chi connectivity index (χ3n) is 2.19. The molecule has 0 spiro atoms. The Kier molecular flexibility index (Phi) is 9.97. The average molecular weight is 467 g/mol. The second-order valence-electron chi connectivity index (χ2n) is 3.92. The fourth-order valence-electron chi connectivity index (χ4n) is 1.17. The number of carbonyl (C=O) groups is 2. The van der Waals surface area contributed by atoms with Gasteiger partial charge in [-0.15, -0.1) is 70.9 Å². The molecule has 0 saturated heterocycles. The molecule has 2 heterocycles. The smallest absolute Gasteiger partial charge is 0.335 e. The molecule has 0 fully saturated rings. The van der Waals surface area contributed by atoms with Gasteiger partial charge in [0.05, 0.1) is 11.1 Å². The van der Waals surface area contributed by atoms with E-state index >= 15 is 0 Å². The molecule has 3 aromatic rings. The maximum absolute atomic E-state index is 10.3. The minimum absolute atomic E-state index is 0.0833. The van der Waals surface area contributed by atoms with E-state index in [0.29, 0.717) is 17.4 Å². The number of aromatic carboxylic acids is 2. The molecule has 0 aliphatic rings. The van der Waals surface area contributed by atoms with Crippen molar-refractivity contribution in [2.45, 2.75) is 17.4 Å². The number of hydrogen-bond acceptors (Lipinski definition) is 12. The van der Waals surface area contributed by atoms with Crippen LogP contribution >= 0.6 is 73.2 Å². The van der Waals surface area contributed by atoms with Crippen molar-refractivity contribution in [3.05, 3.63) is 35.4 Å². The first-order valence-corrected chi connectivity index (χ1v) is 9.60. The summed E-state index contributed by atoms with van der Waals surface area (Å²) in [7, 11) is 0. The van der Waals surface area contributed by atoms with Crippen LogP contribution in [0.5, 0.6) is 0 Å². The maximum atomic E-state index is 10.3. The lowest BCUT2D eigenvalue weighted by atomic mass is 10.1. The van der Waals surface area contributed by atoms with Gasteiger partial charge in [0.2, 0.25) is 0 Å². The van der Waals surface area contributed by atoms with Crippen LogP contribution in [0.2, 0.25) is 0 Å². The van der Waals surface area contributed by atoms with Gasteiger partial charge in [-0.2, -0.15) is 0 Å². The maximum Gasteiger partial charge on any atom is 0.335 e. The van der Waals surface area contributed by atoms with E-state index in [-0.39, 0.29) is 11.1 Å². The zero-order valence-corrected chi connectivity index (χ0v) is 17.6. The lowest BCUT2D eigenvalue weighted by Gasteiger charge is -1.94. The van der Waals surface area contributed by atoms with Crippen LogP contribution in [0.1, 0.15) is 20.7 Å². The minimum atomic E-state index is -1.06. The Balaban J connectivity index is 0.000000207. The van der Waals surface area contributed by atoms with Crippen molar-refractivity contribution < 1.29 is 19.8 Å². The van der Waals surface area contributed by atoms with Gasteiger partial charge in [-0.05, 0) is 24.3 Å². The molecule has 0 radical (unpaired) electrons. The Morgan fingerprint density at radius 2 is 0.885 bits per heavy atom. The Hall–Kier alpha value is -1.32. The summed E-state index contributed by atoms with van der Waals surface area (Å²) >= 11 is 18.3. The van der Waals surface area contributed by atoms with E-state index in [4.69, 9.17) is 10.2 Å². The van der Waals surface area contributed by atoms with E-state index in [0.717, 1.165) is 0 Å². The van der Waals surface area contributed by atoms with Gasteiger partial charge in [-0.25, -0.2) is 9.59 Å². The molecule has 2 N–H and O–H groups in total. The summed E-state index contributed by atoms with van der Waals surface area (Å²) in [5.41, 5.74) is 0.167. The molecule has 0 unspecified atom stereocenters. The minimum Gasteiger partial charge on any atom is -0.478 e. The number of benzene rings is 1. The van der Waals surface area contributed by atoms with E-state index in [2.05, 4.69) is 70.9 Å². The molecule has 8 nitrogen and oxygen atoms in total. The van der Waals surface area contributed by atoms with Gasteiger partial charge in [-0.3, -0.25) is 0 Å². The molecule has 138 valence electrons. The third kappa shape index (κ3) is 8.86. The third-order valence-corrected chi connectivity index (χ3v) is 4.70. The van der Waals surface area contributed by atoms with E-state index in [1.165, 1.54) is 46.9 Å². The molecule has 3 rings (SSSR count). The van der Waals surface area contributed by atoms with Gasteiger partial charge in [0.25, 0.3) is 0 Å². The van der Waals surface area contributed by atoms with Crippen LogP contribution in [-0.2, 0) is 0 Å². The van der Waals surface area contributed by atoms with Crippen LogP contribution in [0.4, 0.5) is 0 Å². The van der Waals surface area contributed by atoms with Crippen molar-refractivity contribution in [1.29, 1.82) is 0 Å². The number of nitrogens with zero attached hydrogens (tertiary/aromatic N) is 4. The molecule has 2 aromatic heterocycles. The zero-order valence-electron chi connectivity index (χ0n) is 12.4. The summed E-state index contributed by atoms with van der Waals surface area (Å²) in [5, 5.41) is 31.2. The number of rotatable bonds is 2. The molecule has 0 aliphatic heterocycles. The van der Waals surface area contributed by atoms with Crippen LogP contribution in [0.25, 0.3) is 0 Å². The van der Waals surface area contributed by atoms with Crippen molar-refractivity contribution in [2.24, 2.45) is 0 Å². The molecule has 1 aromatic carbocycles. The molecule has 0 amide bonds. The van der Waals surface area contributed by atoms with Crippen molar-refractivity contribution in [3.63, 3.8) is 0 Å². The number of carboxylic acid groups (broad SMARTS) is 2. The Morgan fingerprint density at radius 3 is 1.00 bits per heavy atom. The molecule has 0 atom stereocenters. The highest BCUT2D eigenvalue weighted by Crippen LogP contribution is 2.15. The highest BCUT2D eigenvalue weighted by molar-refractivity contribution is 7.85. The van der Waals surface area contributed by atoms with Crippen molar-refractivity contribution in [1.82, 2.24) is 20.4 Å². The monoisotopic (exact) mass is 466 g/mol. The zero-order chi connectivity index (χ0) is 19.7. The molecule has 0 bridgehead atoms. The summed E-state index contributed by atoms with van der Waals surface area (Å²) in [6.07, 6.45) is 0. The molecule has 14 heteroatoms.